The molecular formula is C16H18N2O3S. The fourth-order valence-corrected chi connectivity index (χ4v) is 3.08. The summed E-state index contributed by atoms with van der Waals surface area (Å²) in [6.07, 6.45) is 0. The maximum absolute atomic E-state index is 12.3. The predicted molar refractivity (Wildman–Crippen MR) is 85.3 cm³/mol. The highest BCUT2D eigenvalue weighted by atomic mass is 32.1. The third-order valence-electron chi connectivity index (χ3n) is 3.74. The molecule has 1 atom stereocenters. The summed E-state index contributed by atoms with van der Waals surface area (Å²) < 4.78 is 10.6. The number of thiophene rings is 1. The Kier molecular flexibility index (Phi) is 4.20. The van der Waals surface area contributed by atoms with Crippen molar-refractivity contribution in [3.8, 4) is 11.5 Å². The lowest BCUT2D eigenvalue weighted by Crippen LogP contribution is -2.38. The fourth-order valence-electron chi connectivity index (χ4n) is 2.25. The maximum atomic E-state index is 12.3. The van der Waals surface area contributed by atoms with Gasteiger partial charge in [-0.05, 0) is 36.1 Å². The van der Waals surface area contributed by atoms with E-state index in [0.29, 0.717) is 6.54 Å². The van der Waals surface area contributed by atoms with Gasteiger partial charge in [-0.3, -0.25) is 0 Å². The van der Waals surface area contributed by atoms with Crippen molar-refractivity contribution in [2.45, 2.75) is 19.5 Å². The van der Waals surface area contributed by atoms with Crippen LogP contribution in [-0.2, 0) is 6.54 Å². The van der Waals surface area contributed by atoms with Crippen molar-refractivity contribution in [3.05, 3.63) is 46.2 Å². The van der Waals surface area contributed by atoms with Gasteiger partial charge in [0.15, 0.2) is 11.5 Å². The molecule has 1 aliphatic heterocycles. The number of urea groups is 1. The summed E-state index contributed by atoms with van der Waals surface area (Å²) in [6.45, 7) is 2.73. The van der Waals surface area contributed by atoms with Gasteiger partial charge in [0.25, 0.3) is 0 Å². The van der Waals surface area contributed by atoms with Gasteiger partial charge in [-0.15, -0.1) is 11.3 Å². The number of nitrogens with zero attached hydrogens (tertiary/aromatic N) is 1. The Bertz CT molecular complexity index is 657. The Hall–Kier alpha value is -2.21. The molecular weight excluding hydrogens is 300 g/mol. The van der Waals surface area contributed by atoms with Gasteiger partial charge < -0.3 is 19.7 Å². The Balaban J connectivity index is 1.58. The van der Waals surface area contributed by atoms with Crippen molar-refractivity contribution < 1.29 is 14.3 Å². The van der Waals surface area contributed by atoms with Crippen molar-refractivity contribution in [2.24, 2.45) is 0 Å². The molecule has 1 aromatic carbocycles. The van der Waals surface area contributed by atoms with Crippen LogP contribution in [0.1, 0.15) is 23.4 Å². The molecule has 0 fully saturated rings. The van der Waals surface area contributed by atoms with Crippen LogP contribution < -0.4 is 14.8 Å². The smallest absolute Gasteiger partial charge is 0.317 e. The molecule has 0 unspecified atom stereocenters. The van der Waals surface area contributed by atoms with Gasteiger partial charge in [-0.1, -0.05) is 12.1 Å². The highest BCUT2D eigenvalue weighted by Gasteiger charge is 2.18. The molecule has 3 rings (SSSR count). The molecule has 1 aromatic heterocycles. The first kappa shape index (κ1) is 14.7. The van der Waals surface area contributed by atoms with E-state index in [9.17, 15) is 4.79 Å². The van der Waals surface area contributed by atoms with Crippen molar-refractivity contribution >= 4 is 17.4 Å². The molecule has 0 saturated carbocycles. The molecule has 22 heavy (non-hydrogen) atoms. The number of hydrogen-bond donors (Lipinski definition) is 1. The molecule has 2 aromatic rings. The minimum atomic E-state index is -0.0985. The molecule has 0 spiro atoms. The quantitative estimate of drug-likeness (QED) is 0.940. The predicted octanol–water partition coefficient (Wildman–Crippen LogP) is 3.38. The lowest BCUT2D eigenvalue weighted by atomic mass is 10.2. The number of carbonyl (C=O) groups excluding carboxylic acids is 1. The number of ether oxygens (including phenoxy) is 2. The zero-order chi connectivity index (χ0) is 15.5. The fraction of sp³-hybridized carbons (Fsp3) is 0.312. The first-order valence-corrected chi connectivity index (χ1v) is 7.95. The minimum absolute atomic E-state index is 0.0525. The van der Waals surface area contributed by atoms with Crippen LogP contribution in [0.15, 0.2) is 35.7 Å². The van der Waals surface area contributed by atoms with E-state index in [1.54, 1.807) is 23.3 Å². The van der Waals surface area contributed by atoms with E-state index in [2.05, 4.69) is 5.32 Å². The average Bonchev–Trinajstić information content (AvgIpc) is 3.21. The number of rotatable bonds is 4. The normalized spacial score (nSPS) is 13.7. The van der Waals surface area contributed by atoms with E-state index in [1.807, 2.05) is 42.6 Å². The average molecular weight is 318 g/mol. The molecule has 0 bridgehead atoms. The molecule has 6 heteroatoms. The van der Waals surface area contributed by atoms with E-state index in [4.69, 9.17) is 9.47 Å². The largest absolute Gasteiger partial charge is 0.454 e. The molecule has 2 heterocycles. The SMILES string of the molecule is C[C@H](c1cccs1)N(C)C(=O)NCc1ccc2c(c1)OCO2. The number of carbonyl (C=O) groups is 1. The van der Waals surface area contributed by atoms with Crippen molar-refractivity contribution in [1.82, 2.24) is 10.2 Å². The van der Waals surface area contributed by atoms with Crippen molar-refractivity contribution in [1.29, 1.82) is 0 Å². The Morgan fingerprint density at radius 1 is 1.36 bits per heavy atom. The second-order valence-corrected chi connectivity index (χ2v) is 6.13. The molecule has 0 saturated heterocycles. The molecule has 5 nitrogen and oxygen atoms in total. The van der Waals surface area contributed by atoms with Crippen LogP contribution >= 0.6 is 11.3 Å². The van der Waals surface area contributed by atoms with Crippen LogP contribution in [0.3, 0.4) is 0 Å². The Labute approximate surface area is 133 Å². The molecule has 1 aliphatic rings. The van der Waals surface area contributed by atoms with Gasteiger partial charge in [0.05, 0.1) is 6.04 Å². The van der Waals surface area contributed by atoms with Crippen LogP contribution in [0, 0.1) is 0 Å². The van der Waals surface area contributed by atoms with E-state index < -0.39 is 0 Å². The Morgan fingerprint density at radius 2 is 2.18 bits per heavy atom. The summed E-state index contributed by atoms with van der Waals surface area (Å²) >= 11 is 1.65. The number of hydrogen-bond acceptors (Lipinski definition) is 4. The Morgan fingerprint density at radius 3 is 2.95 bits per heavy atom. The standard InChI is InChI=1S/C16H18N2O3S/c1-11(15-4-3-7-22-15)18(2)16(19)17-9-12-5-6-13-14(8-12)21-10-20-13/h3-8,11H,9-10H2,1-2H3,(H,17,19)/t11-/m1/s1. The maximum Gasteiger partial charge on any atom is 0.317 e. The lowest BCUT2D eigenvalue weighted by molar-refractivity contribution is 0.174. The van der Waals surface area contributed by atoms with E-state index in [1.165, 1.54) is 4.88 Å². The van der Waals surface area contributed by atoms with Crippen LogP contribution in [0.2, 0.25) is 0 Å². The van der Waals surface area contributed by atoms with Gasteiger partial charge in [-0.2, -0.15) is 0 Å². The second-order valence-electron chi connectivity index (χ2n) is 5.15. The summed E-state index contributed by atoms with van der Waals surface area (Å²) in [5, 5.41) is 4.95. The number of amides is 2. The van der Waals surface area contributed by atoms with Crippen molar-refractivity contribution in [3.63, 3.8) is 0 Å². The second kappa shape index (κ2) is 6.27. The minimum Gasteiger partial charge on any atom is -0.454 e. The lowest BCUT2D eigenvalue weighted by Gasteiger charge is -2.24. The van der Waals surface area contributed by atoms with Gasteiger partial charge in [0.2, 0.25) is 6.79 Å². The van der Waals surface area contributed by atoms with Gasteiger partial charge >= 0.3 is 6.03 Å². The van der Waals surface area contributed by atoms with E-state index in [0.717, 1.165) is 17.1 Å². The molecule has 2 amide bonds. The summed E-state index contributed by atoms with van der Waals surface area (Å²) in [7, 11) is 1.80. The highest BCUT2D eigenvalue weighted by Crippen LogP contribution is 2.32. The summed E-state index contributed by atoms with van der Waals surface area (Å²) in [5.41, 5.74) is 0.981. The van der Waals surface area contributed by atoms with Crippen LogP contribution in [0.25, 0.3) is 0 Å². The highest BCUT2D eigenvalue weighted by molar-refractivity contribution is 7.10. The van der Waals surface area contributed by atoms with E-state index in [-0.39, 0.29) is 18.9 Å². The first-order valence-electron chi connectivity index (χ1n) is 7.08. The van der Waals surface area contributed by atoms with Crippen LogP contribution in [0.5, 0.6) is 11.5 Å². The van der Waals surface area contributed by atoms with Crippen LogP contribution in [-0.4, -0.2) is 24.8 Å². The number of benzene rings is 1. The monoisotopic (exact) mass is 318 g/mol. The topological polar surface area (TPSA) is 50.8 Å². The molecule has 1 N–H and O–H groups in total. The summed E-state index contributed by atoms with van der Waals surface area (Å²) in [6, 6.07) is 9.67. The van der Waals surface area contributed by atoms with Gasteiger partial charge in [0.1, 0.15) is 0 Å². The zero-order valence-corrected chi connectivity index (χ0v) is 13.4. The summed E-state index contributed by atoms with van der Waals surface area (Å²) in [5.74, 6) is 1.48. The molecule has 116 valence electrons. The third-order valence-corrected chi connectivity index (χ3v) is 4.78. The third kappa shape index (κ3) is 3.01. The molecule has 0 radical (unpaired) electrons. The van der Waals surface area contributed by atoms with Gasteiger partial charge in [-0.25, -0.2) is 4.79 Å². The number of nitrogens with one attached hydrogen (secondary N) is 1. The zero-order valence-electron chi connectivity index (χ0n) is 12.5. The summed E-state index contributed by atoms with van der Waals surface area (Å²) in [4.78, 5) is 15.1. The van der Waals surface area contributed by atoms with E-state index >= 15 is 0 Å². The van der Waals surface area contributed by atoms with Crippen LogP contribution in [0.4, 0.5) is 4.79 Å². The van der Waals surface area contributed by atoms with Crippen molar-refractivity contribution in [2.75, 3.05) is 13.8 Å². The van der Waals surface area contributed by atoms with Gasteiger partial charge in [0, 0.05) is 18.5 Å². The number of fused-ring (bicyclic) bond motifs is 1. The first-order chi connectivity index (χ1) is 10.6. The molecule has 0 aliphatic carbocycles.